The predicted octanol–water partition coefficient (Wildman–Crippen LogP) is 11.7. The van der Waals surface area contributed by atoms with Crippen LogP contribution in [0.2, 0.25) is 0 Å². The molecule has 0 aromatic rings. The Morgan fingerprint density at radius 1 is 0.635 bits per heavy atom. The number of phosphoric acid groups is 1. The highest BCUT2D eigenvalue weighted by Crippen LogP contribution is 2.43. The number of quaternary nitrogens is 1. The fourth-order valence-electron chi connectivity index (χ4n) is 6.16. The van der Waals surface area contributed by atoms with E-state index >= 15 is 0 Å². The van der Waals surface area contributed by atoms with Crippen molar-refractivity contribution in [2.24, 2.45) is 0 Å². The Bertz CT molecular complexity index is 907. The van der Waals surface area contributed by atoms with E-state index < -0.39 is 20.0 Å². The molecular formula is C43H86N2O6P+. The summed E-state index contributed by atoms with van der Waals surface area (Å²) in [4.78, 5) is 23.0. The number of allylic oxidation sites excluding steroid dienone is 3. The molecule has 0 saturated carbocycles. The zero-order chi connectivity index (χ0) is 38.6. The van der Waals surface area contributed by atoms with Gasteiger partial charge in [0.1, 0.15) is 13.2 Å². The zero-order valence-electron chi connectivity index (χ0n) is 34.8. The Labute approximate surface area is 322 Å². The van der Waals surface area contributed by atoms with Gasteiger partial charge in [-0.2, -0.15) is 0 Å². The number of hydrogen-bond acceptors (Lipinski definition) is 5. The fraction of sp³-hybridized carbons (Fsp3) is 0.884. The number of unbranched alkanes of at least 4 members (excludes halogenated alkanes) is 24. The van der Waals surface area contributed by atoms with E-state index in [4.69, 9.17) is 9.05 Å². The quantitative estimate of drug-likeness (QED) is 0.0250. The molecule has 3 unspecified atom stereocenters. The number of nitrogens with one attached hydrogen (secondary N) is 1. The number of aliphatic hydroxyl groups excluding tert-OH is 1. The average Bonchev–Trinajstić information content (AvgIpc) is 3.09. The van der Waals surface area contributed by atoms with Crippen molar-refractivity contribution in [1.29, 1.82) is 0 Å². The van der Waals surface area contributed by atoms with Crippen LogP contribution in [0.25, 0.3) is 0 Å². The molecular weight excluding hydrogens is 671 g/mol. The van der Waals surface area contributed by atoms with E-state index in [1.165, 1.54) is 135 Å². The number of amides is 1. The number of carbonyl (C=O) groups is 1. The molecule has 308 valence electrons. The van der Waals surface area contributed by atoms with E-state index in [1.807, 2.05) is 27.2 Å². The SMILES string of the molecule is CCCC/C=C/CC/C=C/C(O)C(COP(=O)(O)OCC[N+](C)(C)C)NC(=O)CCCCCCCCCCCCCCCCCCCCCCCC. The third-order valence-electron chi connectivity index (χ3n) is 9.67. The average molecular weight is 758 g/mol. The van der Waals surface area contributed by atoms with Crippen LogP contribution in [0, 0.1) is 0 Å². The minimum atomic E-state index is -4.33. The van der Waals surface area contributed by atoms with Crippen LogP contribution < -0.4 is 5.32 Å². The van der Waals surface area contributed by atoms with Crippen molar-refractivity contribution in [3.63, 3.8) is 0 Å². The van der Waals surface area contributed by atoms with Gasteiger partial charge in [-0.3, -0.25) is 13.8 Å². The summed E-state index contributed by atoms with van der Waals surface area (Å²) in [6.45, 7) is 4.72. The van der Waals surface area contributed by atoms with E-state index in [2.05, 4.69) is 31.3 Å². The molecule has 1 amide bonds. The van der Waals surface area contributed by atoms with Crippen molar-refractivity contribution in [1.82, 2.24) is 5.32 Å². The summed E-state index contributed by atoms with van der Waals surface area (Å²) in [5.74, 6) is -0.188. The molecule has 0 aliphatic heterocycles. The van der Waals surface area contributed by atoms with Gasteiger partial charge in [0.25, 0.3) is 0 Å². The van der Waals surface area contributed by atoms with Crippen LogP contribution in [-0.4, -0.2) is 73.4 Å². The first kappa shape index (κ1) is 51.0. The van der Waals surface area contributed by atoms with Gasteiger partial charge in [0.15, 0.2) is 0 Å². The first-order valence-electron chi connectivity index (χ1n) is 21.7. The van der Waals surface area contributed by atoms with Crippen molar-refractivity contribution >= 4 is 13.7 Å². The number of hydrogen-bond donors (Lipinski definition) is 3. The first-order valence-corrected chi connectivity index (χ1v) is 23.2. The smallest absolute Gasteiger partial charge is 0.387 e. The van der Waals surface area contributed by atoms with Crippen LogP contribution in [0.4, 0.5) is 0 Å². The summed E-state index contributed by atoms with van der Waals surface area (Å²) in [6.07, 6.45) is 41.3. The van der Waals surface area contributed by atoms with Gasteiger partial charge in [0.2, 0.25) is 5.91 Å². The number of phosphoric ester groups is 1. The first-order chi connectivity index (χ1) is 25.0. The number of carbonyl (C=O) groups excluding carboxylic acids is 1. The lowest BCUT2D eigenvalue weighted by atomic mass is 10.0. The van der Waals surface area contributed by atoms with Crippen LogP contribution in [0.1, 0.15) is 194 Å². The van der Waals surface area contributed by atoms with Crippen LogP contribution in [0.5, 0.6) is 0 Å². The summed E-state index contributed by atoms with van der Waals surface area (Å²) in [5.41, 5.74) is 0. The Hall–Kier alpha value is -1.02. The Morgan fingerprint density at radius 2 is 1.06 bits per heavy atom. The van der Waals surface area contributed by atoms with Gasteiger partial charge >= 0.3 is 7.82 Å². The van der Waals surface area contributed by atoms with Gasteiger partial charge in [-0.05, 0) is 25.7 Å². The van der Waals surface area contributed by atoms with Gasteiger partial charge in [0, 0.05) is 6.42 Å². The number of likely N-dealkylation sites (N-methyl/N-ethyl adjacent to an activating group) is 1. The maximum atomic E-state index is 12.8. The minimum Gasteiger partial charge on any atom is -0.387 e. The lowest BCUT2D eigenvalue weighted by molar-refractivity contribution is -0.870. The lowest BCUT2D eigenvalue weighted by Gasteiger charge is -2.25. The lowest BCUT2D eigenvalue weighted by Crippen LogP contribution is -2.45. The van der Waals surface area contributed by atoms with E-state index in [-0.39, 0.29) is 19.1 Å². The largest absolute Gasteiger partial charge is 0.472 e. The molecule has 0 saturated heterocycles. The summed E-state index contributed by atoms with van der Waals surface area (Å²) < 4.78 is 23.4. The van der Waals surface area contributed by atoms with Gasteiger partial charge in [-0.15, -0.1) is 0 Å². The number of rotatable bonds is 39. The molecule has 0 radical (unpaired) electrons. The highest BCUT2D eigenvalue weighted by molar-refractivity contribution is 7.47. The van der Waals surface area contributed by atoms with Gasteiger partial charge in [0.05, 0.1) is 39.9 Å². The van der Waals surface area contributed by atoms with E-state index in [9.17, 15) is 19.4 Å². The fourth-order valence-corrected chi connectivity index (χ4v) is 6.90. The van der Waals surface area contributed by atoms with E-state index in [1.54, 1.807) is 6.08 Å². The molecule has 0 aliphatic carbocycles. The summed E-state index contributed by atoms with van der Waals surface area (Å²) in [5, 5.41) is 13.7. The molecule has 0 aliphatic rings. The predicted molar refractivity (Wildman–Crippen MR) is 221 cm³/mol. The molecule has 0 aromatic heterocycles. The molecule has 0 fully saturated rings. The molecule has 0 rings (SSSR count). The van der Waals surface area contributed by atoms with Crippen molar-refractivity contribution in [3.05, 3.63) is 24.3 Å². The Kier molecular flexibility index (Phi) is 35.0. The van der Waals surface area contributed by atoms with Crippen molar-refractivity contribution in [2.75, 3.05) is 40.9 Å². The standard InChI is InChI=1S/C43H85N2O6P/c1-6-8-10-12-14-16-17-18-19-20-21-22-23-24-25-26-27-28-29-31-33-35-37-43(47)44-41(40-51-52(48,49)50-39-38-45(3,4)5)42(46)36-34-32-30-15-13-11-9-7-2/h13,15,34,36,41-42,46H,6-12,14,16-33,35,37-40H2,1-5H3,(H-,44,47,48,49)/p+1/b15-13+,36-34+. The molecule has 52 heavy (non-hydrogen) atoms. The van der Waals surface area contributed by atoms with Crippen molar-refractivity contribution < 1.29 is 32.9 Å². The second-order valence-electron chi connectivity index (χ2n) is 16.1. The minimum absolute atomic E-state index is 0.0576. The molecule has 0 bridgehead atoms. The molecule has 0 aromatic carbocycles. The second-order valence-corrected chi connectivity index (χ2v) is 17.5. The van der Waals surface area contributed by atoms with Crippen LogP contribution >= 0.6 is 7.82 Å². The monoisotopic (exact) mass is 758 g/mol. The topological polar surface area (TPSA) is 105 Å². The molecule has 0 spiro atoms. The van der Waals surface area contributed by atoms with E-state index in [0.717, 1.165) is 38.5 Å². The van der Waals surface area contributed by atoms with Gasteiger partial charge < -0.3 is 19.8 Å². The highest BCUT2D eigenvalue weighted by Gasteiger charge is 2.27. The molecule has 3 atom stereocenters. The van der Waals surface area contributed by atoms with Crippen LogP contribution in [-0.2, 0) is 18.4 Å². The van der Waals surface area contributed by atoms with Crippen molar-refractivity contribution in [3.8, 4) is 0 Å². The summed E-state index contributed by atoms with van der Waals surface area (Å²) in [7, 11) is 1.56. The second kappa shape index (κ2) is 35.7. The van der Waals surface area contributed by atoms with Gasteiger partial charge in [-0.25, -0.2) is 4.57 Å². The van der Waals surface area contributed by atoms with Gasteiger partial charge in [-0.1, -0.05) is 186 Å². The number of aliphatic hydroxyl groups is 1. The number of nitrogens with zero attached hydrogens (tertiary/aromatic N) is 1. The third-order valence-corrected chi connectivity index (χ3v) is 10.7. The maximum absolute atomic E-state index is 12.8. The maximum Gasteiger partial charge on any atom is 0.472 e. The van der Waals surface area contributed by atoms with Crippen molar-refractivity contribution in [2.45, 2.75) is 206 Å². The van der Waals surface area contributed by atoms with Crippen LogP contribution in [0.3, 0.4) is 0 Å². The molecule has 3 N–H and O–H groups in total. The normalized spacial score (nSPS) is 14.7. The third kappa shape index (κ3) is 37.3. The Morgan fingerprint density at radius 3 is 1.52 bits per heavy atom. The molecule has 9 heteroatoms. The molecule has 8 nitrogen and oxygen atoms in total. The summed E-state index contributed by atoms with van der Waals surface area (Å²) in [6, 6.07) is -0.856. The molecule has 0 heterocycles. The summed E-state index contributed by atoms with van der Waals surface area (Å²) >= 11 is 0. The zero-order valence-corrected chi connectivity index (χ0v) is 35.7. The highest BCUT2D eigenvalue weighted by atomic mass is 31.2. The van der Waals surface area contributed by atoms with Crippen LogP contribution in [0.15, 0.2) is 24.3 Å². The van der Waals surface area contributed by atoms with E-state index in [0.29, 0.717) is 17.4 Å². The Balaban J connectivity index is 4.18.